The number of rotatable bonds is 16. The zero-order chi connectivity index (χ0) is 45.1. The summed E-state index contributed by atoms with van der Waals surface area (Å²) >= 11 is 0. The number of aliphatic imine (C=N–C) groups is 1. The summed E-state index contributed by atoms with van der Waals surface area (Å²) in [6.07, 6.45) is -3.74. The summed E-state index contributed by atoms with van der Waals surface area (Å²) in [5.41, 5.74) is 0.821. The summed E-state index contributed by atoms with van der Waals surface area (Å²) in [6.45, 7) is 5.92. The van der Waals surface area contributed by atoms with Gasteiger partial charge in [-0.2, -0.15) is 31.3 Å². The number of ether oxygens (including phenoxy) is 2. The molecule has 0 bridgehead atoms. The van der Waals surface area contributed by atoms with Crippen LogP contribution in [0.15, 0.2) is 99.0 Å². The molecular formula is C45H52F6N6O6. The molecule has 2 amide bonds. The van der Waals surface area contributed by atoms with Gasteiger partial charge in [0.15, 0.2) is 22.6 Å². The number of aryl methyl sites for hydroxylation is 2. The Bertz CT molecular complexity index is 2350. The Hall–Kier alpha value is -6.39. The summed E-state index contributed by atoms with van der Waals surface area (Å²) < 4.78 is 99.5. The number of isocyanates is 1. The Balaban J connectivity index is 0.000000286. The third-order valence-corrected chi connectivity index (χ3v) is 8.97. The molecule has 0 fully saturated rings. The molecule has 0 saturated carbocycles. The molecule has 0 aliphatic heterocycles. The van der Waals surface area contributed by atoms with Crippen molar-refractivity contribution in [3.8, 4) is 11.5 Å². The molecule has 12 nitrogen and oxygen atoms in total. The molecule has 0 spiro atoms. The molecule has 2 N–H and O–H groups in total. The van der Waals surface area contributed by atoms with Gasteiger partial charge in [-0.1, -0.05) is 80.8 Å². The van der Waals surface area contributed by atoms with Crippen molar-refractivity contribution in [1.82, 2.24) is 20.5 Å². The lowest BCUT2D eigenvalue weighted by Crippen LogP contribution is -2.32. The highest BCUT2D eigenvalue weighted by Crippen LogP contribution is 2.39. The lowest BCUT2D eigenvalue weighted by molar-refractivity contribution is -0.142. The van der Waals surface area contributed by atoms with Crippen LogP contribution in [0.25, 0.3) is 21.9 Å². The number of nitrogens with zero attached hydrogens (tertiary/aromatic N) is 4. The van der Waals surface area contributed by atoms with Crippen molar-refractivity contribution < 1.29 is 54.5 Å². The number of aromatic nitrogens is 2. The van der Waals surface area contributed by atoms with Gasteiger partial charge in [0.2, 0.25) is 6.08 Å². The summed E-state index contributed by atoms with van der Waals surface area (Å²) in [4.78, 5) is 26.8. The monoisotopic (exact) mass is 886 g/mol. The molecule has 0 saturated heterocycles. The Morgan fingerprint density at radius 3 is 1.67 bits per heavy atom. The van der Waals surface area contributed by atoms with E-state index < -0.39 is 23.7 Å². The van der Waals surface area contributed by atoms with Gasteiger partial charge in [-0.3, -0.25) is 0 Å². The van der Waals surface area contributed by atoms with Crippen LogP contribution in [0.4, 0.5) is 42.5 Å². The second kappa shape index (κ2) is 24.9. The number of fused-ring (bicyclic) bond motifs is 2. The Morgan fingerprint density at radius 1 is 0.746 bits per heavy atom. The minimum Gasteiger partial charge on any atom is -0.493 e. The van der Waals surface area contributed by atoms with Crippen LogP contribution in [0.3, 0.4) is 0 Å². The van der Waals surface area contributed by atoms with E-state index in [1.54, 1.807) is 42.3 Å². The number of benzene rings is 4. The van der Waals surface area contributed by atoms with Crippen molar-refractivity contribution in [1.29, 1.82) is 0 Å². The standard InChI is InChI=1S/C22H24F3N3O3.C15H19F3N2O2.C7H5NO.CH4/c1-3-8-16-18(12-11-17-19(16)31-27-20(17)22(23,24)25)30-14-7-13-28(2)21(29)26-15-9-5-4-6-10-15;1-3-5-10-12(21-9-4-8-19-2)7-6-11-13(10)22-20-14(11)15(16,17)18;9-6-8-7-4-2-1-3-5-7;/h4-6,9-12H,3,7-8,13-14H2,1-2H3,(H,26,29);6-7,19H,3-5,8-9H2,1-2H3;1-5H;1H4. The maximum atomic E-state index is 13.1. The third kappa shape index (κ3) is 14.9. The van der Waals surface area contributed by atoms with Gasteiger partial charge < -0.3 is 34.1 Å². The van der Waals surface area contributed by atoms with Gasteiger partial charge in [0.1, 0.15) is 11.5 Å². The van der Waals surface area contributed by atoms with E-state index >= 15 is 0 Å². The van der Waals surface area contributed by atoms with Gasteiger partial charge in [-0.25, -0.2) is 9.59 Å². The van der Waals surface area contributed by atoms with E-state index in [9.17, 15) is 35.9 Å². The van der Waals surface area contributed by atoms with Crippen molar-refractivity contribution in [3.63, 3.8) is 0 Å². The molecule has 0 aliphatic carbocycles. The number of halogens is 6. The number of urea groups is 1. The fraction of sp³-hybridized carbons (Fsp3) is 0.378. The minimum atomic E-state index is -4.58. The van der Waals surface area contributed by atoms with Gasteiger partial charge in [0.25, 0.3) is 0 Å². The van der Waals surface area contributed by atoms with Crippen LogP contribution >= 0.6 is 0 Å². The fourth-order valence-corrected chi connectivity index (χ4v) is 6.05. The van der Waals surface area contributed by atoms with Crippen molar-refractivity contribution in [2.45, 2.75) is 72.2 Å². The number of hydrogen-bond donors (Lipinski definition) is 2. The molecule has 4 aromatic carbocycles. The molecule has 63 heavy (non-hydrogen) atoms. The Morgan fingerprint density at radius 2 is 1.22 bits per heavy atom. The van der Waals surface area contributed by atoms with Crippen LogP contribution in [-0.4, -0.2) is 67.7 Å². The van der Waals surface area contributed by atoms with E-state index in [2.05, 4.69) is 25.9 Å². The molecule has 340 valence electrons. The molecular weight excluding hydrogens is 835 g/mol. The van der Waals surface area contributed by atoms with Crippen LogP contribution in [0, 0.1) is 0 Å². The van der Waals surface area contributed by atoms with E-state index in [1.165, 1.54) is 24.3 Å². The van der Waals surface area contributed by atoms with Gasteiger partial charge in [-0.05, 0) is 87.8 Å². The predicted molar refractivity (Wildman–Crippen MR) is 229 cm³/mol. The number of carbonyl (C=O) groups excluding carboxylic acids is 2. The van der Waals surface area contributed by atoms with E-state index in [0.29, 0.717) is 79.4 Å². The summed E-state index contributed by atoms with van der Waals surface area (Å²) in [5, 5.41) is 12.1. The quantitative estimate of drug-likeness (QED) is 0.0420. The first-order valence-electron chi connectivity index (χ1n) is 19.8. The normalized spacial score (nSPS) is 11.0. The zero-order valence-electron chi connectivity index (χ0n) is 34.7. The molecule has 0 aliphatic rings. The summed E-state index contributed by atoms with van der Waals surface area (Å²) in [6, 6.07) is 23.6. The van der Waals surface area contributed by atoms with Crippen LogP contribution < -0.4 is 20.1 Å². The highest BCUT2D eigenvalue weighted by atomic mass is 19.4. The zero-order valence-corrected chi connectivity index (χ0v) is 34.7. The average molecular weight is 887 g/mol. The van der Waals surface area contributed by atoms with Crippen molar-refractivity contribution >= 4 is 45.4 Å². The van der Waals surface area contributed by atoms with Crippen molar-refractivity contribution in [2.75, 3.05) is 45.7 Å². The first kappa shape index (κ1) is 51.0. The number of para-hydroxylation sites is 2. The van der Waals surface area contributed by atoms with E-state index in [1.807, 2.05) is 57.3 Å². The highest BCUT2D eigenvalue weighted by molar-refractivity contribution is 5.89. The van der Waals surface area contributed by atoms with Gasteiger partial charge in [0.05, 0.1) is 29.7 Å². The molecule has 6 aromatic rings. The second-order valence-corrected chi connectivity index (χ2v) is 13.7. The van der Waals surface area contributed by atoms with Crippen molar-refractivity contribution in [2.24, 2.45) is 4.99 Å². The Labute approximate surface area is 361 Å². The SMILES string of the molecule is C.CCCc1c(OCCCN(C)C(=O)Nc2ccccc2)ccc2c(C(F)(F)F)noc12.CCCc1c(OCCCNC)ccc2c(C(F)(F)F)noc12.O=C=Nc1ccccc1. The number of amides is 2. The topological polar surface area (TPSA) is 144 Å². The summed E-state index contributed by atoms with van der Waals surface area (Å²) in [7, 11) is 3.53. The highest BCUT2D eigenvalue weighted by Gasteiger charge is 2.38. The molecule has 2 heterocycles. The van der Waals surface area contributed by atoms with Crippen LogP contribution in [0.2, 0.25) is 0 Å². The molecule has 2 aromatic heterocycles. The number of hydrogen-bond acceptors (Lipinski definition) is 10. The molecule has 0 atom stereocenters. The van der Waals surface area contributed by atoms with E-state index in [0.717, 1.165) is 19.4 Å². The van der Waals surface area contributed by atoms with E-state index in [4.69, 9.17) is 18.5 Å². The van der Waals surface area contributed by atoms with E-state index in [-0.39, 0.29) is 35.4 Å². The Kier molecular flexibility index (Phi) is 20.1. The summed E-state index contributed by atoms with van der Waals surface area (Å²) in [5.74, 6) is 1.03. The van der Waals surface area contributed by atoms with Crippen LogP contribution in [-0.2, 0) is 30.0 Å². The first-order chi connectivity index (χ1) is 29.7. The smallest absolute Gasteiger partial charge is 0.437 e. The number of carbonyl (C=O) groups is 1. The van der Waals surface area contributed by atoms with Crippen LogP contribution in [0.1, 0.15) is 69.5 Å². The van der Waals surface area contributed by atoms with Crippen molar-refractivity contribution in [3.05, 3.63) is 107 Å². The fourth-order valence-electron chi connectivity index (χ4n) is 6.05. The molecule has 0 radical (unpaired) electrons. The molecule has 18 heteroatoms. The maximum Gasteiger partial charge on any atom is 0.437 e. The van der Waals surface area contributed by atoms with Gasteiger partial charge in [0, 0.05) is 30.4 Å². The van der Waals surface area contributed by atoms with Gasteiger partial charge in [-0.15, -0.1) is 0 Å². The predicted octanol–water partition coefficient (Wildman–Crippen LogP) is 11.8. The number of nitrogens with one attached hydrogen (secondary N) is 2. The first-order valence-corrected chi connectivity index (χ1v) is 19.8. The van der Waals surface area contributed by atoms with Crippen LogP contribution in [0.5, 0.6) is 11.5 Å². The third-order valence-electron chi connectivity index (χ3n) is 8.97. The lowest BCUT2D eigenvalue weighted by atomic mass is 10.0. The average Bonchev–Trinajstić information content (AvgIpc) is 3.90. The maximum absolute atomic E-state index is 13.1. The minimum absolute atomic E-state index is 0. The number of anilines is 1. The molecule has 6 rings (SSSR count). The lowest BCUT2D eigenvalue weighted by Gasteiger charge is -2.18. The largest absolute Gasteiger partial charge is 0.493 e. The second-order valence-electron chi connectivity index (χ2n) is 13.7. The number of alkyl halides is 6. The molecule has 0 unspecified atom stereocenters. The van der Waals surface area contributed by atoms with Gasteiger partial charge >= 0.3 is 18.4 Å².